The Kier molecular flexibility index (Phi) is 3.89. The van der Waals surface area contributed by atoms with E-state index in [2.05, 4.69) is 30.5 Å². The average Bonchev–Trinajstić information content (AvgIpc) is 3.43. The summed E-state index contributed by atoms with van der Waals surface area (Å²) in [5.74, 6) is 2.03. The Morgan fingerprint density at radius 1 is 1.11 bits per heavy atom. The summed E-state index contributed by atoms with van der Waals surface area (Å²) < 4.78 is 5.35. The number of fused-ring (bicyclic) bond motifs is 1. The molecule has 0 spiro atoms. The van der Waals surface area contributed by atoms with Crippen LogP contribution in [0.5, 0.6) is 0 Å². The van der Waals surface area contributed by atoms with Crippen molar-refractivity contribution in [2.75, 3.05) is 13.1 Å². The van der Waals surface area contributed by atoms with E-state index < -0.39 is 0 Å². The lowest BCUT2D eigenvalue weighted by Crippen LogP contribution is -2.33. The van der Waals surface area contributed by atoms with Crippen LogP contribution in [0.15, 0.2) is 36.8 Å². The molecule has 1 saturated heterocycles. The third-order valence-electron chi connectivity index (χ3n) is 5.00. The minimum atomic E-state index is 0.346. The van der Waals surface area contributed by atoms with Crippen molar-refractivity contribution < 1.29 is 0 Å². The van der Waals surface area contributed by atoms with Crippen molar-refractivity contribution >= 4 is 5.65 Å². The summed E-state index contributed by atoms with van der Waals surface area (Å²) in [7, 11) is 1.89. The van der Waals surface area contributed by atoms with Crippen LogP contribution >= 0.6 is 0 Å². The fourth-order valence-electron chi connectivity index (χ4n) is 3.62. The van der Waals surface area contributed by atoms with E-state index >= 15 is 0 Å². The van der Waals surface area contributed by atoms with Gasteiger partial charge in [-0.1, -0.05) is 5.21 Å². The molecule has 10 nitrogen and oxygen atoms in total. The van der Waals surface area contributed by atoms with Gasteiger partial charge in [-0.05, 0) is 44.1 Å². The van der Waals surface area contributed by atoms with Crippen LogP contribution in [0.4, 0.5) is 0 Å². The summed E-state index contributed by atoms with van der Waals surface area (Å²) in [4.78, 5) is 2.41. The molecule has 0 radical (unpaired) electrons. The highest BCUT2D eigenvalue weighted by atomic mass is 15.4. The molecule has 1 aliphatic heterocycles. The molecule has 5 heterocycles. The Hall–Kier alpha value is -3.14. The molecule has 0 amide bonds. The maximum Gasteiger partial charge on any atom is 0.178 e. The first-order chi connectivity index (χ1) is 13.3. The van der Waals surface area contributed by atoms with Crippen molar-refractivity contribution in [2.24, 2.45) is 7.05 Å². The van der Waals surface area contributed by atoms with Crippen molar-refractivity contribution in [1.29, 1.82) is 0 Å². The second-order valence-electron chi connectivity index (χ2n) is 6.90. The number of piperidine rings is 1. The fraction of sp³-hybridized carbons (Fsp3) is 0.412. The van der Waals surface area contributed by atoms with Crippen molar-refractivity contribution in [3.63, 3.8) is 0 Å². The molecule has 1 aliphatic rings. The topological polar surface area (TPSA) is 94.8 Å². The predicted molar refractivity (Wildman–Crippen MR) is 96.2 cm³/mol. The van der Waals surface area contributed by atoms with Crippen molar-refractivity contribution in [3.05, 3.63) is 48.3 Å². The van der Waals surface area contributed by atoms with Gasteiger partial charge in [-0.2, -0.15) is 9.61 Å². The number of nitrogens with zero attached hydrogens (tertiary/aromatic N) is 10. The standard InChI is InChI=1S/C17H20N10/c1-24-11-14(19-23-24)12-25-9-5-13(6-10-25)17-21-20-15-3-4-16(22-27(15)17)26-8-2-7-18-26/h2-4,7-8,11,13H,5-6,9-10,12H2,1H3. The largest absolute Gasteiger partial charge is 0.297 e. The van der Waals surface area contributed by atoms with Crippen molar-refractivity contribution in [2.45, 2.75) is 25.3 Å². The quantitative estimate of drug-likeness (QED) is 0.529. The number of aromatic nitrogens is 9. The third kappa shape index (κ3) is 3.08. The van der Waals surface area contributed by atoms with Gasteiger partial charge in [-0.15, -0.1) is 20.4 Å². The highest BCUT2D eigenvalue weighted by Gasteiger charge is 2.25. The molecule has 1 fully saturated rings. The van der Waals surface area contributed by atoms with Gasteiger partial charge >= 0.3 is 0 Å². The van der Waals surface area contributed by atoms with E-state index in [1.165, 1.54) is 0 Å². The zero-order valence-corrected chi connectivity index (χ0v) is 15.0. The zero-order chi connectivity index (χ0) is 18.2. The van der Waals surface area contributed by atoms with Crippen LogP contribution < -0.4 is 0 Å². The summed E-state index contributed by atoms with van der Waals surface area (Å²) in [6, 6.07) is 5.72. The summed E-state index contributed by atoms with van der Waals surface area (Å²) in [6.07, 6.45) is 7.64. The van der Waals surface area contributed by atoms with Crippen LogP contribution in [0.3, 0.4) is 0 Å². The maximum atomic E-state index is 4.70. The minimum absolute atomic E-state index is 0.346. The summed E-state index contributed by atoms with van der Waals surface area (Å²) >= 11 is 0. The lowest BCUT2D eigenvalue weighted by molar-refractivity contribution is 0.198. The van der Waals surface area contributed by atoms with E-state index in [-0.39, 0.29) is 0 Å². The minimum Gasteiger partial charge on any atom is -0.297 e. The normalized spacial score (nSPS) is 16.3. The molecule has 27 heavy (non-hydrogen) atoms. The smallest absolute Gasteiger partial charge is 0.178 e. The number of hydrogen-bond donors (Lipinski definition) is 0. The van der Waals surface area contributed by atoms with Gasteiger partial charge in [0.25, 0.3) is 0 Å². The van der Waals surface area contributed by atoms with Crippen LogP contribution in [-0.4, -0.2) is 62.6 Å². The Balaban J connectivity index is 1.33. The van der Waals surface area contributed by atoms with Crippen molar-refractivity contribution in [1.82, 2.24) is 49.5 Å². The van der Waals surface area contributed by atoms with Gasteiger partial charge in [0, 0.05) is 38.1 Å². The molecule has 4 aromatic heterocycles. The van der Waals surface area contributed by atoms with E-state index in [4.69, 9.17) is 5.10 Å². The molecule has 0 bridgehead atoms. The Morgan fingerprint density at radius 2 is 2.00 bits per heavy atom. The van der Waals surface area contributed by atoms with E-state index in [0.717, 1.165) is 55.5 Å². The van der Waals surface area contributed by atoms with Gasteiger partial charge in [0.15, 0.2) is 17.3 Å². The fourth-order valence-corrected chi connectivity index (χ4v) is 3.62. The monoisotopic (exact) mass is 364 g/mol. The Bertz CT molecular complexity index is 1040. The molecular formula is C17H20N10. The second kappa shape index (κ2) is 6.54. The number of likely N-dealkylation sites (tertiary alicyclic amines) is 1. The van der Waals surface area contributed by atoms with Crippen LogP contribution in [0.2, 0.25) is 0 Å². The van der Waals surface area contributed by atoms with Gasteiger partial charge < -0.3 is 0 Å². The number of aryl methyl sites for hydroxylation is 1. The van der Waals surface area contributed by atoms with Crippen LogP contribution in [0, 0.1) is 0 Å². The molecule has 10 heteroatoms. The molecule has 0 unspecified atom stereocenters. The molecule has 0 aromatic carbocycles. The lowest BCUT2D eigenvalue weighted by Gasteiger charge is -2.30. The van der Waals surface area contributed by atoms with Crippen LogP contribution in [0.1, 0.15) is 30.3 Å². The maximum absolute atomic E-state index is 4.70. The van der Waals surface area contributed by atoms with E-state index in [0.29, 0.717) is 5.92 Å². The first-order valence-electron chi connectivity index (χ1n) is 9.06. The summed E-state index contributed by atoms with van der Waals surface area (Å²) in [5.41, 5.74) is 1.78. The third-order valence-corrected chi connectivity index (χ3v) is 5.00. The van der Waals surface area contributed by atoms with E-state index in [1.54, 1.807) is 15.6 Å². The number of rotatable bonds is 4. The molecular weight excluding hydrogens is 344 g/mol. The Morgan fingerprint density at radius 3 is 2.74 bits per heavy atom. The van der Waals surface area contributed by atoms with Crippen molar-refractivity contribution in [3.8, 4) is 5.82 Å². The van der Waals surface area contributed by atoms with E-state index in [1.807, 2.05) is 42.2 Å². The first kappa shape index (κ1) is 16.1. The van der Waals surface area contributed by atoms with Gasteiger partial charge in [-0.3, -0.25) is 9.58 Å². The van der Waals surface area contributed by atoms with E-state index in [9.17, 15) is 0 Å². The highest BCUT2D eigenvalue weighted by molar-refractivity contribution is 5.39. The molecule has 0 N–H and O–H groups in total. The summed E-state index contributed by atoms with van der Waals surface area (Å²) in [6.45, 7) is 2.83. The second-order valence-corrected chi connectivity index (χ2v) is 6.90. The molecule has 0 atom stereocenters. The molecule has 0 saturated carbocycles. The Labute approximate surface area is 155 Å². The number of hydrogen-bond acceptors (Lipinski definition) is 7. The SMILES string of the molecule is Cn1cc(CN2CCC(c3nnc4ccc(-n5cccn5)nn34)CC2)nn1. The lowest BCUT2D eigenvalue weighted by atomic mass is 9.96. The van der Waals surface area contributed by atoms with Crippen LogP contribution in [-0.2, 0) is 13.6 Å². The predicted octanol–water partition coefficient (Wildman–Crippen LogP) is 0.818. The van der Waals surface area contributed by atoms with Gasteiger partial charge in [0.05, 0.1) is 5.69 Å². The average molecular weight is 364 g/mol. The highest BCUT2D eigenvalue weighted by Crippen LogP contribution is 2.27. The molecule has 138 valence electrons. The molecule has 4 aromatic rings. The summed E-state index contributed by atoms with van der Waals surface area (Å²) in [5, 5.41) is 25.9. The zero-order valence-electron chi connectivity index (χ0n) is 15.0. The molecule has 5 rings (SSSR count). The van der Waals surface area contributed by atoms with Crippen LogP contribution in [0.25, 0.3) is 11.5 Å². The van der Waals surface area contributed by atoms with Gasteiger partial charge in [0.2, 0.25) is 0 Å². The van der Waals surface area contributed by atoms with Gasteiger partial charge in [0.1, 0.15) is 0 Å². The van der Waals surface area contributed by atoms with Gasteiger partial charge in [-0.25, -0.2) is 4.68 Å². The first-order valence-corrected chi connectivity index (χ1v) is 9.06. The molecule has 0 aliphatic carbocycles.